The second-order valence-corrected chi connectivity index (χ2v) is 3.84. The van der Waals surface area contributed by atoms with Crippen molar-refractivity contribution in [3.05, 3.63) is 41.2 Å². The molecule has 2 rings (SSSR count). The zero-order valence-corrected chi connectivity index (χ0v) is 10.1. The van der Waals surface area contributed by atoms with Crippen molar-refractivity contribution in [2.24, 2.45) is 0 Å². The third kappa shape index (κ3) is 2.35. The fourth-order valence-corrected chi connectivity index (χ4v) is 1.84. The quantitative estimate of drug-likeness (QED) is 0.454. The second-order valence-electron chi connectivity index (χ2n) is 3.84. The molecule has 0 radical (unpaired) electrons. The first kappa shape index (κ1) is 12.2. The fraction of sp³-hybridized carbons (Fsp3) is 0.286. The van der Waals surface area contributed by atoms with Gasteiger partial charge in [0.1, 0.15) is 17.6 Å². The van der Waals surface area contributed by atoms with E-state index >= 15 is 0 Å². The van der Waals surface area contributed by atoms with Crippen LogP contribution in [0.5, 0.6) is 5.75 Å². The number of aryl methyl sites for hydroxylation is 1. The molecule has 1 aromatic carbocycles. The third-order valence-corrected chi connectivity index (χ3v) is 2.70. The minimum Gasteiger partial charge on any atom is -0.462 e. The Bertz CT molecular complexity index is 540. The molecule has 0 amide bonds. The number of rotatable bonds is 2. The van der Waals surface area contributed by atoms with Gasteiger partial charge in [-0.3, -0.25) is 0 Å². The highest BCUT2D eigenvalue weighted by Crippen LogP contribution is 2.30. The summed E-state index contributed by atoms with van der Waals surface area (Å²) >= 11 is 0. The smallest absolute Gasteiger partial charge is 0.352 e. The molecule has 92 valence electrons. The van der Waals surface area contributed by atoms with E-state index in [1.807, 2.05) is 30.3 Å². The van der Waals surface area contributed by atoms with E-state index in [4.69, 9.17) is 14.7 Å². The maximum atomic E-state index is 11.6. The van der Waals surface area contributed by atoms with Gasteiger partial charge in [-0.15, -0.1) is 0 Å². The molecular weight excluding hydrogens is 230 g/mol. The van der Waals surface area contributed by atoms with Gasteiger partial charge in [0, 0.05) is 6.42 Å². The number of carbonyl (C=O) groups excluding carboxylic acids is 1. The number of esters is 1. The summed E-state index contributed by atoms with van der Waals surface area (Å²) < 4.78 is 10.4. The number of nitriles is 1. The molecule has 18 heavy (non-hydrogen) atoms. The van der Waals surface area contributed by atoms with Crippen LogP contribution in [-0.2, 0) is 16.0 Å². The van der Waals surface area contributed by atoms with Crippen molar-refractivity contribution in [1.82, 2.24) is 0 Å². The van der Waals surface area contributed by atoms with E-state index < -0.39 is 5.97 Å². The van der Waals surface area contributed by atoms with Crippen molar-refractivity contribution < 1.29 is 14.3 Å². The molecule has 0 atom stereocenters. The van der Waals surface area contributed by atoms with Crippen molar-refractivity contribution in [3.63, 3.8) is 0 Å². The molecule has 0 spiro atoms. The monoisotopic (exact) mass is 243 g/mol. The Labute approximate surface area is 105 Å². The molecule has 1 heterocycles. The van der Waals surface area contributed by atoms with Gasteiger partial charge in [-0.25, -0.2) is 4.79 Å². The minimum absolute atomic E-state index is 0.0358. The van der Waals surface area contributed by atoms with E-state index in [1.165, 1.54) is 0 Å². The van der Waals surface area contributed by atoms with Gasteiger partial charge in [-0.2, -0.15) is 5.26 Å². The number of allylic oxidation sites excluding steroid dienone is 1. The van der Waals surface area contributed by atoms with Gasteiger partial charge in [0.15, 0.2) is 5.57 Å². The number of hydrogen-bond donors (Lipinski definition) is 0. The Balaban J connectivity index is 2.30. The van der Waals surface area contributed by atoms with Gasteiger partial charge >= 0.3 is 5.97 Å². The van der Waals surface area contributed by atoms with Crippen molar-refractivity contribution in [3.8, 4) is 11.8 Å². The van der Waals surface area contributed by atoms with Crippen molar-refractivity contribution in [1.29, 1.82) is 5.26 Å². The summed E-state index contributed by atoms with van der Waals surface area (Å²) in [5.74, 6) is 0.486. The maximum Gasteiger partial charge on any atom is 0.352 e. The number of hydrogen-bond acceptors (Lipinski definition) is 4. The summed E-state index contributed by atoms with van der Waals surface area (Å²) in [6, 6.07) is 9.47. The van der Waals surface area contributed by atoms with Gasteiger partial charge < -0.3 is 9.47 Å². The van der Waals surface area contributed by atoms with E-state index in [1.54, 1.807) is 6.92 Å². The van der Waals surface area contributed by atoms with Crippen molar-refractivity contribution in [2.45, 2.75) is 19.8 Å². The largest absolute Gasteiger partial charge is 0.462 e. The van der Waals surface area contributed by atoms with Gasteiger partial charge in [0.2, 0.25) is 0 Å². The Morgan fingerprint density at radius 3 is 2.94 bits per heavy atom. The first-order valence-electron chi connectivity index (χ1n) is 5.82. The molecule has 1 aromatic rings. The Morgan fingerprint density at radius 1 is 1.44 bits per heavy atom. The third-order valence-electron chi connectivity index (χ3n) is 2.70. The zero-order chi connectivity index (χ0) is 13.0. The summed E-state index contributed by atoms with van der Waals surface area (Å²) in [5.41, 5.74) is 1.05. The lowest BCUT2D eigenvalue weighted by atomic mass is 10.0. The average molecular weight is 243 g/mol. The topological polar surface area (TPSA) is 59.3 Å². The lowest BCUT2D eigenvalue weighted by Gasteiger charge is -2.20. The van der Waals surface area contributed by atoms with Crippen LogP contribution < -0.4 is 4.74 Å². The van der Waals surface area contributed by atoms with E-state index in [0.29, 0.717) is 17.9 Å². The van der Waals surface area contributed by atoms with Crippen LogP contribution >= 0.6 is 0 Å². The maximum absolute atomic E-state index is 11.6. The summed E-state index contributed by atoms with van der Waals surface area (Å²) in [7, 11) is 0. The predicted molar refractivity (Wildman–Crippen MR) is 64.7 cm³/mol. The van der Waals surface area contributed by atoms with Crippen LogP contribution in [0, 0.1) is 11.3 Å². The van der Waals surface area contributed by atoms with Crippen molar-refractivity contribution >= 4 is 5.97 Å². The normalized spacial score (nSPS) is 16.0. The first-order chi connectivity index (χ1) is 8.76. The minimum atomic E-state index is -0.616. The molecule has 0 aromatic heterocycles. The molecule has 1 aliphatic heterocycles. The number of benzene rings is 1. The number of ether oxygens (including phenoxy) is 2. The number of carbonyl (C=O) groups is 1. The highest BCUT2D eigenvalue weighted by atomic mass is 16.5. The molecule has 1 aliphatic rings. The first-order valence-corrected chi connectivity index (χ1v) is 5.82. The highest BCUT2D eigenvalue weighted by molar-refractivity contribution is 5.93. The van der Waals surface area contributed by atoms with Crippen LogP contribution in [0.3, 0.4) is 0 Å². The summed E-state index contributed by atoms with van der Waals surface area (Å²) in [6.45, 7) is 1.95. The molecular formula is C14H13NO3. The van der Waals surface area contributed by atoms with Crippen LogP contribution in [0.4, 0.5) is 0 Å². The van der Waals surface area contributed by atoms with Gasteiger partial charge in [-0.1, -0.05) is 18.2 Å². The SMILES string of the molecule is CCOC(=O)C(C#N)=C1CCc2ccccc2O1. The number of fused-ring (bicyclic) bond motifs is 1. The van der Waals surface area contributed by atoms with E-state index in [2.05, 4.69) is 0 Å². The van der Waals surface area contributed by atoms with Crippen LogP contribution in [0.15, 0.2) is 35.6 Å². The molecule has 0 bridgehead atoms. The lowest BCUT2D eigenvalue weighted by molar-refractivity contribution is -0.138. The van der Waals surface area contributed by atoms with E-state index in [0.717, 1.165) is 12.0 Å². The van der Waals surface area contributed by atoms with Crippen LogP contribution in [-0.4, -0.2) is 12.6 Å². The van der Waals surface area contributed by atoms with Gasteiger partial charge in [0.05, 0.1) is 6.61 Å². The standard InChI is InChI=1S/C14H13NO3/c1-2-17-14(16)11(9-15)13-8-7-10-5-3-4-6-12(10)18-13/h3-6H,2,7-8H2,1H3. The summed E-state index contributed by atoms with van der Waals surface area (Å²) in [6.07, 6.45) is 1.30. The molecule has 0 aliphatic carbocycles. The van der Waals surface area contributed by atoms with E-state index in [9.17, 15) is 4.79 Å². The Kier molecular flexibility index (Phi) is 3.63. The van der Waals surface area contributed by atoms with Crippen LogP contribution in [0.25, 0.3) is 0 Å². The van der Waals surface area contributed by atoms with Crippen LogP contribution in [0.2, 0.25) is 0 Å². The molecule has 4 nitrogen and oxygen atoms in total. The molecule has 0 saturated carbocycles. The van der Waals surface area contributed by atoms with Gasteiger partial charge in [0.25, 0.3) is 0 Å². The summed E-state index contributed by atoms with van der Waals surface area (Å²) in [5, 5.41) is 9.03. The average Bonchev–Trinajstić information content (AvgIpc) is 2.40. The molecule has 0 unspecified atom stereocenters. The molecule has 4 heteroatoms. The number of para-hydroxylation sites is 1. The molecule has 0 fully saturated rings. The highest BCUT2D eigenvalue weighted by Gasteiger charge is 2.22. The molecule has 0 N–H and O–H groups in total. The Hall–Kier alpha value is -2.28. The van der Waals surface area contributed by atoms with Gasteiger partial charge in [-0.05, 0) is 25.0 Å². The molecule has 0 saturated heterocycles. The number of nitrogens with zero attached hydrogens (tertiary/aromatic N) is 1. The summed E-state index contributed by atoms with van der Waals surface area (Å²) in [4.78, 5) is 11.6. The second kappa shape index (κ2) is 5.37. The Morgan fingerprint density at radius 2 is 2.22 bits per heavy atom. The van der Waals surface area contributed by atoms with Crippen molar-refractivity contribution in [2.75, 3.05) is 6.61 Å². The van der Waals surface area contributed by atoms with Crippen LogP contribution in [0.1, 0.15) is 18.9 Å². The zero-order valence-electron chi connectivity index (χ0n) is 10.1. The predicted octanol–water partition coefficient (Wildman–Crippen LogP) is 2.35. The fourth-order valence-electron chi connectivity index (χ4n) is 1.84. The van der Waals surface area contributed by atoms with E-state index in [-0.39, 0.29) is 12.2 Å². The lowest BCUT2D eigenvalue weighted by Crippen LogP contribution is -2.15.